The van der Waals surface area contributed by atoms with Gasteiger partial charge in [-0.3, -0.25) is 0 Å². The monoisotopic (exact) mass is 352 g/mol. The van der Waals surface area contributed by atoms with E-state index in [1.165, 1.54) is 38.5 Å². The van der Waals surface area contributed by atoms with Gasteiger partial charge in [-0.25, -0.2) is 12.1 Å². The molecular weight excluding hydrogens is 328 g/mol. The van der Waals surface area contributed by atoms with Crippen LogP contribution in [0.3, 0.4) is 0 Å². The van der Waals surface area contributed by atoms with Crippen molar-refractivity contribution in [3.63, 3.8) is 0 Å². The van der Waals surface area contributed by atoms with Crippen LogP contribution in [0.5, 0.6) is 11.5 Å². The van der Waals surface area contributed by atoms with E-state index in [1.807, 2.05) is 36.4 Å². The summed E-state index contributed by atoms with van der Waals surface area (Å²) in [6.07, 6.45) is 7.92. The zero-order valence-electron chi connectivity index (χ0n) is 13.3. The van der Waals surface area contributed by atoms with E-state index in [1.54, 1.807) is 6.07 Å². The van der Waals surface area contributed by atoms with Gasteiger partial charge in [-0.1, -0.05) is 19.3 Å². The molecular formula is C20H24FeO2. The van der Waals surface area contributed by atoms with Gasteiger partial charge in [-0.2, -0.15) is 30.3 Å². The molecule has 0 aliphatic heterocycles. The van der Waals surface area contributed by atoms with Crippen LogP contribution in [0, 0.1) is 17.8 Å². The van der Waals surface area contributed by atoms with E-state index >= 15 is 0 Å². The Morgan fingerprint density at radius 3 is 1.83 bits per heavy atom. The van der Waals surface area contributed by atoms with Crippen molar-refractivity contribution in [2.45, 2.75) is 43.9 Å². The average Bonchev–Trinajstić information content (AvgIpc) is 3.13. The summed E-state index contributed by atoms with van der Waals surface area (Å²) in [6.45, 7) is 0. The molecule has 0 saturated heterocycles. The van der Waals surface area contributed by atoms with Crippen molar-refractivity contribution in [2.24, 2.45) is 17.8 Å². The minimum atomic E-state index is 0. The maximum absolute atomic E-state index is 10.0. The molecule has 0 atom stereocenters. The minimum absolute atomic E-state index is 0. The molecule has 0 spiro atoms. The third-order valence-electron chi connectivity index (χ3n) is 6.07. The van der Waals surface area contributed by atoms with Crippen molar-refractivity contribution < 1.29 is 27.3 Å². The molecule has 4 aliphatic carbocycles. The summed E-state index contributed by atoms with van der Waals surface area (Å²) in [4.78, 5) is 0. The molecule has 0 unspecified atom stereocenters. The van der Waals surface area contributed by atoms with Crippen LogP contribution < -0.4 is 0 Å². The third-order valence-corrected chi connectivity index (χ3v) is 6.07. The summed E-state index contributed by atoms with van der Waals surface area (Å²) in [6, 6.07) is 13.6. The van der Waals surface area contributed by atoms with Crippen molar-refractivity contribution in [3.8, 4) is 11.5 Å². The molecule has 0 heterocycles. The number of aromatic hydroxyl groups is 2. The second kappa shape index (κ2) is 6.37. The number of hydrogen-bond acceptors (Lipinski definition) is 2. The van der Waals surface area contributed by atoms with Gasteiger partial charge in [0.05, 0.1) is 0 Å². The van der Waals surface area contributed by atoms with Crippen molar-refractivity contribution in [1.82, 2.24) is 0 Å². The van der Waals surface area contributed by atoms with Crippen LogP contribution in [0.25, 0.3) is 0 Å². The van der Waals surface area contributed by atoms with E-state index in [4.69, 9.17) is 0 Å². The van der Waals surface area contributed by atoms with E-state index in [0.29, 0.717) is 0 Å². The van der Waals surface area contributed by atoms with Gasteiger partial charge < -0.3 is 10.2 Å². The van der Waals surface area contributed by atoms with E-state index in [9.17, 15) is 10.2 Å². The van der Waals surface area contributed by atoms with Crippen LogP contribution >= 0.6 is 0 Å². The predicted octanol–water partition coefficient (Wildman–Crippen LogP) is 4.69. The normalized spacial score (nSPS) is 33.7. The fourth-order valence-corrected chi connectivity index (χ4v) is 5.65. The van der Waals surface area contributed by atoms with Crippen LogP contribution in [0.1, 0.15) is 44.1 Å². The molecule has 2 aromatic rings. The molecule has 4 aliphatic rings. The standard InChI is InChI=1S/C15H19O2.C5H5.Fe/c16-13-2-1-12(14(13)17)15-6-9-3-10(7-15)5-11(4-9)8-15;1-2-4-5-3-1;/h1-2,9-11,16-17H,3-8H2;1-5H;/q2*-1;+2. The predicted molar refractivity (Wildman–Crippen MR) is 87.2 cm³/mol. The molecule has 124 valence electrons. The summed E-state index contributed by atoms with van der Waals surface area (Å²) in [5, 5.41) is 19.6. The number of rotatable bonds is 1. The van der Waals surface area contributed by atoms with E-state index in [0.717, 1.165) is 23.3 Å². The molecule has 4 fully saturated rings. The molecule has 3 heteroatoms. The van der Waals surface area contributed by atoms with Crippen LogP contribution in [0.15, 0.2) is 42.5 Å². The summed E-state index contributed by atoms with van der Waals surface area (Å²) < 4.78 is 0. The van der Waals surface area contributed by atoms with Crippen molar-refractivity contribution >= 4 is 0 Å². The van der Waals surface area contributed by atoms with Crippen LogP contribution in [0.2, 0.25) is 0 Å². The Labute approximate surface area is 148 Å². The van der Waals surface area contributed by atoms with E-state index < -0.39 is 0 Å². The first-order valence-corrected chi connectivity index (χ1v) is 8.51. The third kappa shape index (κ3) is 2.97. The van der Waals surface area contributed by atoms with Crippen LogP contribution in [-0.4, -0.2) is 10.2 Å². The first kappa shape index (κ1) is 16.7. The fourth-order valence-electron chi connectivity index (χ4n) is 5.65. The topological polar surface area (TPSA) is 40.5 Å². The molecule has 0 aromatic heterocycles. The summed E-state index contributed by atoms with van der Waals surface area (Å²) >= 11 is 0. The first-order chi connectivity index (χ1) is 10.7. The Morgan fingerprint density at radius 1 is 0.957 bits per heavy atom. The number of hydrogen-bond donors (Lipinski definition) is 2. The van der Waals surface area contributed by atoms with Gasteiger partial charge >= 0.3 is 17.1 Å². The summed E-state index contributed by atoms with van der Waals surface area (Å²) in [5.41, 5.74) is 1.23. The van der Waals surface area contributed by atoms with Gasteiger partial charge in [0.2, 0.25) is 0 Å². The quantitative estimate of drug-likeness (QED) is 0.578. The van der Waals surface area contributed by atoms with Gasteiger partial charge in [0.1, 0.15) is 0 Å². The largest absolute Gasteiger partial charge is 2.00 e. The van der Waals surface area contributed by atoms with Gasteiger partial charge in [0, 0.05) is 11.5 Å². The molecule has 23 heavy (non-hydrogen) atoms. The van der Waals surface area contributed by atoms with Gasteiger partial charge in [-0.15, -0.1) is 5.56 Å². The molecule has 4 saturated carbocycles. The second-order valence-electron chi connectivity index (χ2n) is 7.64. The maximum atomic E-state index is 10.0. The average molecular weight is 352 g/mol. The van der Waals surface area contributed by atoms with Gasteiger partial charge in [0.25, 0.3) is 0 Å². The Kier molecular flexibility index (Phi) is 4.62. The smallest absolute Gasteiger partial charge is 0.574 e. The summed E-state index contributed by atoms with van der Waals surface area (Å²) in [5.74, 6) is 2.84. The molecule has 6 rings (SSSR count). The first-order valence-electron chi connectivity index (χ1n) is 8.51. The molecule has 0 radical (unpaired) electrons. The van der Waals surface area contributed by atoms with Gasteiger partial charge in [0.15, 0.2) is 0 Å². The van der Waals surface area contributed by atoms with Crippen LogP contribution in [-0.2, 0) is 22.5 Å². The maximum Gasteiger partial charge on any atom is 2.00 e. The van der Waals surface area contributed by atoms with E-state index in [-0.39, 0.29) is 34.0 Å². The Bertz CT molecular complexity index is 574. The Morgan fingerprint density at radius 2 is 1.48 bits per heavy atom. The fraction of sp³-hybridized carbons (Fsp3) is 0.500. The summed E-state index contributed by atoms with van der Waals surface area (Å²) in [7, 11) is 0. The molecule has 2 N–H and O–H groups in total. The Hall–Kier alpha value is -1.18. The molecule has 2 nitrogen and oxygen atoms in total. The van der Waals surface area contributed by atoms with Crippen molar-refractivity contribution in [1.29, 1.82) is 0 Å². The van der Waals surface area contributed by atoms with Crippen molar-refractivity contribution in [2.75, 3.05) is 0 Å². The zero-order chi connectivity index (χ0) is 15.2. The van der Waals surface area contributed by atoms with E-state index in [2.05, 4.69) is 0 Å². The van der Waals surface area contributed by atoms with Gasteiger partial charge in [-0.05, 0) is 42.4 Å². The molecule has 4 bridgehead atoms. The molecule has 2 aromatic carbocycles. The SMILES string of the molecule is Oc1cc[c-](C23CC4CC(CC(C4)C2)C3)c1O.[Fe+2].c1cc[cH-]c1. The molecule has 0 amide bonds. The second-order valence-corrected chi connectivity index (χ2v) is 7.64. The minimum Gasteiger partial charge on any atom is -0.574 e. The Balaban J connectivity index is 0.000000226. The zero-order valence-corrected chi connectivity index (χ0v) is 14.4. The van der Waals surface area contributed by atoms with Crippen molar-refractivity contribution in [3.05, 3.63) is 48.0 Å². The van der Waals surface area contributed by atoms with Crippen LogP contribution in [0.4, 0.5) is 0 Å².